The smallest absolute Gasteiger partial charge is 0.490 e. The fourth-order valence-corrected chi connectivity index (χ4v) is 2.84. The summed E-state index contributed by atoms with van der Waals surface area (Å²) in [4.78, 5) is 23.6. The highest BCUT2D eigenvalue weighted by molar-refractivity contribution is 5.98. The molecule has 0 unspecified atom stereocenters. The highest BCUT2D eigenvalue weighted by Gasteiger charge is 2.38. The van der Waals surface area contributed by atoms with Gasteiger partial charge in [-0.25, -0.2) is 4.79 Å². The van der Waals surface area contributed by atoms with Gasteiger partial charge in [0.15, 0.2) is 17.3 Å². The number of hydrogen-bond donors (Lipinski definition) is 3. The summed E-state index contributed by atoms with van der Waals surface area (Å²) in [6.07, 6.45) is -5.08. The van der Waals surface area contributed by atoms with Crippen LogP contribution >= 0.6 is 0 Å². The minimum Gasteiger partial charge on any atom is -0.504 e. The van der Waals surface area contributed by atoms with Crippen LogP contribution in [0.25, 0.3) is 0 Å². The van der Waals surface area contributed by atoms with E-state index in [1.807, 2.05) is 60.7 Å². The van der Waals surface area contributed by atoms with E-state index in [9.17, 15) is 28.2 Å². The van der Waals surface area contributed by atoms with Crippen molar-refractivity contribution >= 4 is 11.8 Å². The molecule has 0 aliphatic rings. The molecule has 3 aromatic carbocycles. The molecule has 6 nitrogen and oxygen atoms in total. The van der Waals surface area contributed by atoms with E-state index in [1.165, 1.54) is 18.2 Å². The molecule has 9 heteroatoms. The molecule has 0 radical (unpaired) electrons. The number of aromatic hydroxyl groups is 2. The summed E-state index contributed by atoms with van der Waals surface area (Å²) in [7, 11) is 0. The number of carbonyl (C=O) groups excluding carboxylic acids is 1. The average molecular weight is 461 g/mol. The summed E-state index contributed by atoms with van der Waals surface area (Å²) < 4.78 is 31.7. The molecule has 3 rings (SSSR count). The van der Waals surface area contributed by atoms with Gasteiger partial charge in [0.2, 0.25) is 0 Å². The Morgan fingerprint density at radius 3 is 1.61 bits per heavy atom. The van der Waals surface area contributed by atoms with Gasteiger partial charge < -0.3 is 15.3 Å². The number of halogens is 3. The number of carboxylic acids is 1. The van der Waals surface area contributed by atoms with E-state index in [0.717, 1.165) is 11.1 Å². The van der Waals surface area contributed by atoms with Gasteiger partial charge in [0, 0.05) is 18.7 Å². The Morgan fingerprint density at radius 2 is 1.21 bits per heavy atom. The van der Waals surface area contributed by atoms with E-state index in [0.29, 0.717) is 18.7 Å². The second-order valence-electron chi connectivity index (χ2n) is 7.05. The molecule has 0 saturated carbocycles. The van der Waals surface area contributed by atoms with E-state index < -0.39 is 12.1 Å². The molecule has 0 atom stereocenters. The molecular weight excluding hydrogens is 439 g/mol. The van der Waals surface area contributed by atoms with Crippen LogP contribution in [0.2, 0.25) is 0 Å². The fourth-order valence-electron chi connectivity index (χ4n) is 2.84. The van der Waals surface area contributed by atoms with Gasteiger partial charge in [-0.3, -0.25) is 9.69 Å². The largest absolute Gasteiger partial charge is 0.504 e. The molecule has 0 fully saturated rings. The standard InChI is InChI=1S/C22H21NO3.C2HF3O2/c24-20-12-11-19(13-21(20)25)22(26)16-23(14-17-7-3-1-4-8-17)15-18-9-5-2-6-10-18;3-2(4,5)1(6)7/h1-13,24-25H,14-16H2;(H,6,7). The number of rotatable bonds is 7. The lowest BCUT2D eigenvalue weighted by molar-refractivity contribution is -0.192. The highest BCUT2D eigenvalue weighted by atomic mass is 19.4. The maximum Gasteiger partial charge on any atom is 0.490 e. The first-order valence-electron chi connectivity index (χ1n) is 9.71. The van der Waals surface area contributed by atoms with Crippen LogP contribution in [-0.2, 0) is 17.9 Å². The van der Waals surface area contributed by atoms with Gasteiger partial charge in [0.05, 0.1) is 6.54 Å². The first-order valence-corrected chi connectivity index (χ1v) is 9.71. The van der Waals surface area contributed by atoms with Crippen LogP contribution in [0, 0.1) is 0 Å². The molecule has 0 amide bonds. The molecule has 0 saturated heterocycles. The van der Waals surface area contributed by atoms with E-state index in [-0.39, 0.29) is 23.8 Å². The lowest BCUT2D eigenvalue weighted by Crippen LogP contribution is -2.29. The summed E-state index contributed by atoms with van der Waals surface area (Å²) in [5.41, 5.74) is 2.64. The lowest BCUT2D eigenvalue weighted by Gasteiger charge is -2.22. The minimum atomic E-state index is -5.08. The van der Waals surface area contributed by atoms with Crippen molar-refractivity contribution in [1.82, 2.24) is 4.90 Å². The number of alkyl halides is 3. The zero-order valence-electron chi connectivity index (χ0n) is 17.4. The number of carboxylic acid groups (broad SMARTS) is 1. The Bertz CT molecular complexity index is 1020. The summed E-state index contributed by atoms with van der Waals surface area (Å²) in [6.45, 7) is 1.51. The van der Waals surface area contributed by atoms with Crippen LogP contribution in [0.3, 0.4) is 0 Å². The van der Waals surface area contributed by atoms with Crippen molar-refractivity contribution in [3.63, 3.8) is 0 Å². The molecule has 3 aromatic rings. The first kappa shape index (κ1) is 25.4. The number of nitrogens with zero attached hydrogens (tertiary/aromatic N) is 1. The second-order valence-corrected chi connectivity index (χ2v) is 7.05. The van der Waals surface area contributed by atoms with Crippen molar-refractivity contribution in [3.05, 3.63) is 95.6 Å². The van der Waals surface area contributed by atoms with E-state index in [2.05, 4.69) is 4.90 Å². The van der Waals surface area contributed by atoms with Crippen LogP contribution in [0.5, 0.6) is 11.5 Å². The van der Waals surface area contributed by atoms with Gasteiger partial charge in [0.25, 0.3) is 0 Å². The van der Waals surface area contributed by atoms with Gasteiger partial charge in [0.1, 0.15) is 0 Å². The first-order chi connectivity index (χ1) is 15.6. The van der Waals surface area contributed by atoms with Gasteiger partial charge in [-0.15, -0.1) is 0 Å². The average Bonchev–Trinajstić information content (AvgIpc) is 2.76. The Hall–Kier alpha value is -3.85. The van der Waals surface area contributed by atoms with Crippen molar-refractivity contribution < 1.29 is 38.1 Å². The molecule has 0 bridgehead atoms. The quantitative estimate of drug-likeness (QED) is 0.351. The predicted molar refractivity (Wildman–Crippen MR) is 115 cm³/mol. The van der Waals surface area contributed by atoms with E-state index in [4.69, 9.17) is 9.90 Å². The number of Topliss-reactive ketones (excluding diaryl/α,β-unsaturated/α-hetero) is 1. The van der Waals surface area contributed by atoms with Crippen LogP contribution < -0.4 is 0 Å². The number of phenols is 2. The molecule has 174 valence electrons. The Kier molecular flexibility index (Phi) is 8.99. The van der Waals surface area contributed by atoms with Crippen molar-refractivity contribution in [2.45, 2.75) is 19.3 Å². The fraction of sp³-hybridized carbons (Fsp3) is 0.167. The summed E-state index contributed by atoms with van der Waals surface area (Å²) in [6, 6.07) is 24.2. The third-order valence-electron chi connectivity index (χ3n) is 4.41. The molecule has 0 aromatic heterocycles. The number of benzene rings is 3. The van der Waals surface area contributed by atoms with E-state index >= 15 is 0 Å². The molecule has 0 aliphatic carbocycles. The number of aliphatic carboxylic acids is 1. The normalized spacial score (nSPS) is 10.9. The number of carbonyl (C=O) groups is 2. The molecule has 0 spiro atoms. The minimum absolute atomic E-state index is 0.104. The predicted octanol–water partition coefficient (Wildman–Crippen LogP) is 4.62. The topological polar surface area (TPSA) is 98.1 Å². The van der Waals surface area contributed by atoms with Gasteiger partial charge >= 0.3 is 12.1 Å². The third-order valence-corrected chi connectivity index (χ3v) is 4.41. The van der Waals surface area contributed by atoms with E-state index in [1.54, 1.807) is 0 Å². The monoisotopic (exact) mass is 461 g/mol. The lowest BCUT2D eigenvalue weighted by atomic mass is 10.1. The van der Waals surface area contributed by atoms with Crippen LogP contribution in [0.4, 0.5) is 13.2 Å². The molecule has 33 heavy (non-hydrogen) atoms. The maximum absolute atomic E-state index is 12.7. The summed E-state index contributed by atoms with van der Waals surface area (Å²) in [5, 5.41) is 26.2. The SMILES string of the molecule is O=C(CN(Cc1ccccc1)Cc1ccccc1)c1ccc(O)c(O)c1.O=C(O)C(F)(F)F. The van der Waals surface area contributed by atoms with Crippen molar-refractivity contribution in [2.24, 2.45) is 0 Å². The van der Waals surface area contributed by atoms with Gasteiger partial charge in [-0.2, -0.15) is 13.2 Å². The van der Waals surface area contributed by atoms with Crippen LogP contribution in [-0.4, -0.2) is 44.7 Å². The third kappa shape index (κ3) is 8.66. The van der Waals surface area contributed by atoms with Gasteiger partial charge in [-0.05, 0) is 29.3 Å². The number of hydrogen-bond acceptors (Lipinski definition) is 5. The molecule has 0 aliphatic heterocycles. The molecule has 0 heterocycles. The Labute approximate surface area is 188 Å². The molecular formula is C24H22F3NO5. The van der Waals surface area contributed by atoms with Crippen molar-refractivity contribution in [1.29, 1.82) is 0 Å². The van der Waals surface area contributed by atoms with Gasteiger partial charge in [-0.1, -0.05) is 60.7 Å². The number of phenolic OH excluding ortho intramolecular Hbond substituents is 2. The zero-order valence-corrected chi connectivity index (χ0v) is 17.4. The number of ketones is 1. The van der Waals surface area contributed by atoms with Crippen molar-refractivity contribution in [3.8, 4) is 11.5 Å². The van der Waals surface area contributed by atoms with Crippen molar-refractivity contribution in [2.75, 3.05) is 6.54 Å². The molecule has 3 N–H and O–H groups in total. The highest BCUT2D eigenvalue weighted by Crippen LogP contribution is 2.25. The maximum atomic E-state index is 12.7. The zero-order chi connectivity index (χ0) is 24.4. The van der Waals surface area contributed by atoms with Crippen LogP contribution in [0.1, 0.15) is 21.5 Å². The summed E-state index contributed by atoms with van der Waals surface area (Å²) >= 11 is 0. The summed E-state index contributed by atoms with van der Waals surface area (Å²) in [5.74, 6) is -3.37. The Balaban J connectivity index is 0.000000479. The van der Waals surface area contributed by atoms with Crippen LogP contribution in [0.15, 0.2) is 78.9 Å². The second kappa shape index (κ2) is 11.7. The Morgan fingerprint density at radius 1 is 0.758 bits per heavy atom.